The van der Waals surface area contributed by atoms with Crippen molar-refractivity contribution in [3.05, 3.63) is 29.8 Å². The summed E-state index contributed by atoms with van der Waals surface area (Å²) in [6.07, 6.45) is 0. The van der Waals surface area contributed by atoms with Crippen LogP contribution in [0.4, 0.5) is 14.5 Å². The summed E-state index contributed by atoms with van der Waals surface area (Å²) < 4.78 is 25.9. The van der Waals surface area contributed by atoms with E-state index in [1.54, 1.807) is 6.92 Å². The Morgan fingerprint density at radius 3 is 2.69 bits per heavy atom. The molecule has 0 N–H and O–H groups in total. The lowest BCUT2D eigenvalue weighted by atomic mass is 10.3. The Kier molecular flexibility index (Phi) is 4.73. The first-order chi connectivity index (χ1) is 7.54. The number of amidine groups is 1. The first kappa shape index (κ1) is 13.0. The molecule has 0 saturated heterocycles. The molecular weight excluding hydrogens is 230 g/mol. The average Bonchev–Trinajstić information content (AvgIpc) is 2.22. The van der Waals surface area contributed by atoms with Gasteiger partial charge in [0.05, 0.1) is 0 Å². The maximum Gasteiger partial charge on any atom is 0.151 e. The Morgan fingerprint density at radius 1 is 1.44 bits per heavy atom. The fourth-order valence-corrected chi connectivity index (χ4v) is 1.44. The largest absolute Gasteiger partial charge is 0.363 e. The zero-order valence-corrected chi connectivity index (χ0v) is 10.1. The van der Waals surface area contributed by atoms with Crippen LogP contribution in [0.5, 0.6) is 0 Å². The highest BCUT2D eigenvalue weighted by molar-refractivity contribution is 7.80. The molecule has 0 heterocycles. The summed E-state index contributed by atoms with van der Waals surface area (Å²) in [6, 6.07) is 3.33. The van der Waals surface area contributed by atoms with Crippen LogP contribution in [-0.2, 0) is 0 Å². The van der Waals surface area contributed by atoms with E-state index >= 15 is 0 Å². The number of halogens is 2. The first-order valence-corrected chi connectivity index (χ1v) is 5.50. The van der Waals surface area contributed by atoms with E-state index in [0.717, 1.165) is 12.6 Å². The fraction of sp³-hybridized carbons (Fsp3) is 0.364. The van der Waals surface area contributed by atoms with Gasteiger partial charge in [0.1, 0.15) is 17.3 Å². The Bertz CT molecular complexity index is 394. The second-order valence-electron chi connectivity index (χ2n) is 3.40. The predicted octanol–water partition coefficient (Wildman–Crippen LogP) is 2.88. The van der Waals surface area contributed by atoms with Crippen LogP contribution in [0, 0.1) is 11.6 Å². The number of hydrogen-bond donors (Lipinski definition) is 1. The topological polar surface area (TPSA) is 15.6 Å². The van der Waals surface area contributed by atoms with Gasteiger partial charge >= 0.3 is 0 Å². The fourth-order valence-electron chi connectivity index (χ4n) is 1.14. The molecule has 0 aliphatic rings. The maximum absolute atomic E-state index is 13.3. The summed E-state index contributed by atoms with van der Waals surface area (Å²) in [4.78, 5) is 5.94. The van der Waals surface area contributed by atoms with Crippen LogP contribution in [0.3, 0.4) is 0 Å². The van der Waals surface area contributed by atoms with Gasteiger partial charge in [-0.3, -0.25) is 0 Å². The number of hydrogen-bond acceptors (Lipinski definition) is 2. The molecule has 1 rings (SSSR count). The van der Waals surface area contributed by atoms with Gasteiger partial charge in [0, 0.05) is 25.4 Å². The van der Waals surface area contributed by atoms with Crippen LogP contribution in [-0.4, -0.2) is 30.1 Å². The van der Waals surface area contributed by atoms with Gasteiger partial charge in [0.25, 0.3) is 0 Å². The molecule has 16 heavy (non-hydrogen) atoms. The molecule has 0 bridgehead atoms. The third-order valence-electron chi connectivity index (χ3n) is 2.18. The van der Waals surface area contributed by atoms with Crippen LogP contribution < -0.4 is 0 Å². The molecule has 5 heteroatoms. The van der Waals surface area contributed by atoms with Gasteiger partial charge in [-0.1, -0.05) is 0 Å². The molecular formula is C11H14F2N2S. The first-order valence-electron chi connectivity index (χ1n) is 4.87. The van der Waals surface area contributed by atoms with E-state index in [0.29, 0.717) is 11.6 Å². The molecule has 88 valence electrons. The van der Waals surface area contributed by atoms with Crippen molar-refractivity contribution in [3.63, 3.8) is 0 Å². The van der Waals surface area contributed by atoms with Crippen LogP contribution in [0.25, 0.3) is 0 Å². The van der Waals surface area contributed by atoms with Crippen molar-refractivity contribution >= 4 is 24.2 Å². The molecule has 0 aliphatic heterocycles. The zero-order chi connectivity index (χ0) is 12.1. The standard InChI is InChI=1S/C11H14F2N2S/c1-8(15(2)5-6-16)14-11-4-3-9(12)7-10(11)13/h3-4,7,16H,5-6H2,1-2H3. The van der Waals surface area contributed by atoms with Crippen LogP contribution in [0.1, 0.15) is 6.92 Å². The maximum atomic E-state index is 13.3. The Morgan fingerprint density at radius 2 is 2.12 bits per heavy atom. The van der Waals surface area contributed by atoms with Crippen LogP contribution in [0.15, 0.2) is 23.2 Å². The molecule has 0 spiro atoms. The minimum Gasteiger partial charge on any atom is -0.363 e. The lowest BCUT2D eigenvalue weighted by molar-refractivity contribution is 0.536. The molecule has 0 amide bonds. The number of aliphatic imine (C=N–C) groups is 1. The molecule has 0 saturated carbocycles. The Hall–Kier alpha value is -1.10. The van der Waals surface area contributed by atoms with Gasteiger partial charge < -0.3 is 4.90 Å². The highest BCUT2D eigenvalue weighted by Gasteiger charge is 2.04. The third kappa shape index (κ3) is 3.48. The zero-order valence-electron chi connectivity index (χ0n) is 9.24. The van der Waals surface area contributed by atoms with Crippen molar-refractivity contribution in [2.75, 3.05) is 19.3 Å². The monoisotopic (exact) mass is 244 g/mol. The van der Waals surface area contributed by atoms with E-state index in [1.807, 2.05) is 11.9 Å². The second-order valence-corrected chi connectivity index (χ2v) is 3.85. The summed E-state index contributed by atoms with van der Waals surface area (Å²) in [6.45, 7) is 2.49. The molecule has 0 aromatic heterocycles. The second kappa shape index (κ2) is 5.84. The Labute approximate surface area is 99.4 Å². The summed E-state index contributed by atoms with van der Waals surface area (Å²) in [7, 11) is 1.84. The number of thiol groups is 1. The summed E-state index contributed by atoms with van der Waals surface area (Å²) in [5.41, 5.74) is 0.143. The van der Waals surface area contributed by atoms with Crippen molar-refractivity contribution in [2.45, 2.75) is 6.92 Å². The molecule has 0 unspecified atom stereocenters. The van der Waals surface area contributed by atoms with Gasteiger partial charge in [-0.25, -0.2) is 13.8 Å². The molecule has 1 aromatic carbocycles. The van der Waals surface area contributed by atoms with E-state index in [4.69, 9.17) is 0 Å². The lowest BCUT2D eigenvalue weighted by Crippen LogP contribution is -2.25. The highest BCUT2D eigenvalue weighted by atomic mass is 32.1. The quantitative estimate of drug-likeness (QED) is 0.491. The van der Waals surface area contributed by atoms with Crippen molar-refractivity contribution in [3.8, 4) is 0 Å². The normalized spacial score (nSPS) is 11.7. The van der Waals surface area contributed by atoms with Gasteiger partial charge in [-0.2, -0.15) is 12.6 Å². The van der Waals surface area contributed by atoms with Crippen molar-refractivity contribution in [1.82, 2.24) is 4.90 Å². The van der Waals surface area contributed by atoms with Crippen LogP contribution >= 0.6 is 12.6 Å². The SMILES string of the molecule is CC(=Nc1ccc(F)cc1F)N(C)CCS. The molecule has 0 fully saturated rings. The van der Waals surface area contributed by atoms with Gasteiger partial charge in [0.2, 0.25) is 0 Å². The average molecular weight is 244 g/mol. The van der Waals surface area contributed by atoms with Crippen molar-refractivity contribution < 1.29 is 8.78 Å². The van der Waals surface area contributed by atoms with Gasteiger partial charge in [0.15, 0.2) is 5.82 Å². The molecule has 0 atom stereocenters. The number of benzene rings is 1. The third-order valence-corrected chi connectivity index (χ3v) is 2.38. The highest BCUT2D eigenvalue weighted by Crippen LogP contribution is 2.18. The minimum atomic E-state index is -0.654. The van der Waals surface area contributed by atoms with E-state index in [-0.39, 0.29) is 5.69 Å². The molecule has 2 nitrogen and oxygen atoms in total. The van der Waals surface area contributed by atoms with E-state index in [9.17, 15) is 8.78 Å². The lowest BCUT2D eigenvalue weighted by Gasteiger charge is -2.17. The van der Waals surface area contributed by atoms with Crippen molar-refractivity contribution in [1.29, 1.82) is 0 Å². The van der Waals surface area contributed by atoms with Crippen LogP contribution in [0.2, 0.25) is 0 Å². The molecule has 1 aromatic rings. The summed E-state index contributed by atoms with van der Waals surface area (Å²) >= 11 is 4.09. The predicted molar refractivity (Wildman–Crippen MR) is 65.6 cm³/mol. The molecule has 0 aliphatic carbocycles. The summed E-state index contributed by atoms with van der Waals surface area (Å²) in [5.74, 6) is 0.103. The van der Waals surface area contributed by atoms with Gasteiger partial charge in [-0.05, 0) is 19.1 Å². The van der Waals surface area contributed by atoms with E-state index in [1.165, 1.54) is 12.1 Å². The van der Waals surface area contributed by atoms with E-state index < -0.39 is 11.6 Å². The summed E-state index contributed by atoms with van der Waals surface area (Å²) in [5, 5.41) is 0. The number of rotatable bonds is 3. The van der Waals surface area contributed by atoms with Gasteiger partial charge in [-0.15, -0.1) is 0 Å². The minimum absolute atomic E-state index is 0.143. The Balaban J connectivity index is 2.89. The van der Waals surface area contributed by atoms with E-state index in [2.05, 4.69) is 17.6 Å². The molecule has 0 radical (unpaired) electrons. The smallest absolute Gasteiger partial charge is 0.151 e. The van der Waals surface area contributed by atoms with Crippen molar-refractivity contribution in [2.24, 2.45) is 4.99 Å². The number of nitrogens with zero attached hydrogens (tertiary/aromatic N) is 2.